The largest absolute Gasteiger partial charge is 0.418 e. The number of halogens is 2. The van der Waals surface area contributed by atoms with E-state index in [0.717, 1.165) is 0 Å². The average molecular weight is 348 g/mol. The normalized spacial score (nSPS) is 10.5. The second kappa shape index (κ2) is 6.63. The molecule has 0 saturated heterocycles. The monoisotopic (exact) mass is 347 g/mol. The molecule has 0 aliphatic heterocycles. The minimum absolute atomic E-state index is 0.0341. The summed E-state index contributed by atoms with van der Waals surface area (Å²) < 4.78 is 19.5. The number of hydrogen-bond donors (Lipinski definition) is 1. The van der Waals surface area contributed by atoms with Gasteiger partial charge in [-0.25, -0.2) is 13.9 Å². The van der Waals surface area contributed by atoms with E-state index in [2.05, 4.69) is 20.6 Å². The van der Waals surface area contributed by atoms with Crippen molar-refractivity contribution < 1.29 is 13.9 Å². The van der Waals surface area contributed by atoms with E-state index in [-0.39, 0.29) is 11.7 Å². The van der Waals surface area contributed by atoms with Crippen molar-refractivity contribution in [3.63, 3.8) is 0 Å². The first-order valence-electron chi connectivity index (χ1n) is 6.80. The highest BCUT2D eigenvalue weighted by Crippen LogP contribution is 2.19. The van der Waals surface area contributed by atoms with Crippen molar-refractivity contribution in [3.8, 4) is 11.6 Å². The van der Waals surface area contributed by atoms with Crippen molar-refractivity contribution in [1.29, 1.82) is 0 Å². The second-order valence-electron chi connectivity index (χ2n) is 4.77. The van der Waals surface area contributed by atoms with Gasteiger partial charge >= 0.3 is 6.09 Å². The van der Waals surface area contributed by atoms with Crippen molar-refractivity contribution >= 4 is 23.4 Å². The van der Waals surface area contributed by atoms with Crippen LogP contribution in [-0.2, 0) is 0 Å². The Hall–Kier alpha value is -3.00. The zero-order chi connectivity index (χ0) is 17.1. The molecule has 2 heterocycles. The Morgan fingerprint density at radius 3 is 2.75 bits per heavy atom. The number of amides is 1. The Bertz CT molecular complexity index is 882. The highest BCUT2D eigenvalue weighted by Gasteiger charge is 2.15. The molecule has 0 bridgehead atoms. The Balaban J connectivity index is 1.74. The fourth-order valence-corrected chi connectivity index (χ4v) is 2.12. The number of hydrogen-bond acceptors (Lipinski definition) is 5. The van der Waals surface area contributed by atoms with E-state index in [4.69, 9.17) is 16.3 Å². The summed E-state index contributed by atoms with van der Waals surface area (Å²) in [5.74, 6) is -0.325. The predicted octanol–water partition coefficient (Wildman–Crippen LogP) is 3.37. The molecule has 0 radical (unpaired) electrons. The highest BCUT2D eigenvalue weighted by molar-refractivity contribution is 6.30. The molecule has 9 heteroatoms. The van der Waals surface area contributed by atoms with Crippen LogP contribution in [0.3, 0.4) is 0 Å². The topological polar surface area (TPSA) is 81.9 Å². The third-order valence-corrected chi connectivity index (χ3v) is 3.27. The van der Waals surface area contributed by atoms with Gasteiger partial charge in [0.2, 0.25) is 0 Å². The van der Waals surface area contributed by atoms with Gasteiger partial charge in [0, 0.05) is 6.20 Å². The molecule has 2 aromatic heterocycles. The number of nitrogens with one attached hydrogen (secondary N) is 1. The van der Waals surface area contributed by atoms with Gasteiger partial charge in [-0.05, 0) is 37.3 Å². The van der Waals surface area contributed by atoms with E-state index in [1.807, 2.05) is 0 Å². The zero-order valence-electron chi connectivity index (χ0n) is 12.4. The third-order valence-electron chi connectivity index (χ3n) is 3.06. The number of pyridine rings is 1. The quantitative estimate of drug-likeness (QED) is 0.785. The number of anilines is 1. The molecule has 0 spiro atoms. The maximum atomic E-state index is 13.0. The molecular formula is C15H11ClFN5O2. The first-order chi connectivity index (χ1) is 11.5. The van der Waals surface area contributed by atoms with Gasteiger partial charge in [-0.1, -0.05) is 21.9 Å². The van der Waals surface area contributed by atoms with Gasteiger partial charge in [-0.3, -0.25) is 10.3 Å². The number of carbonyl (C=O) groups excluding carboxylic acids is 1. The number of ether oxygens (including phenoxy) is 1. The fraction of sp³-hybridized carbons (Fsp3) is 0.0667. The summed E-state index contributed by atoms with van der Waals surface area (Å²) in [5, 5.41) is 10.6. The van der Waals surface area contributed by atoms with Gasteiger partial charge in [0.15, 0.2) is 0 Å². The summed E-state index contributed by atoms with van der Waals surface area (Å²) >= 11 is 5.79. The van der Waals surface area contributed by atoms with Crippen LogP contribution >= 0.6 is 11.6 Å². The minimum atomic E-state index is -0.756. The maximum absolute atomic E-state index is 13.0. The molecule has 1 N–H and O–H groups in total. The first-order valence-corrected chi connectivity index (χ1v) is 7.18. The van der Waals surface area contributed by atoms with Crippen LogP contribution in [-0.4, -0.2) is 26.1 Å². The van der Waals surface area contributed by atoms with E-state index in [1.165, 1.54) is 35.3 Å². The van der Waals surface area contributed by atoms with E-state index in [1.54, 1.807) is 19.1 Å². The summed E-state index contributed by atoms with van der Waals surface area (Å²) in [6.07, 6.45) is 2.11. The molecule has 1 aromatic carbocycles. The summed E-state index contributed by atoms with van der Waals surface area (Å²) in [4.78, 5) is 15.8. The molecule has 3 aromatic rings. The molecule has 1 amide bonds. The van der Waals surface area contributed by atoms with Gasteiger partial charge in [0.05, 0.1) is 22.6 Å². The maximum Gasteiger partial charge on any atom is 0.418 e. The minimum Gasteiger partial charge on any atom is -0.387 e. The zero-order valence-corrected chi connectivity index (χ0v) is 13.2. The standard InChI is InChI=1S/C15H11ClFN5O2/c1-9-14(20-21-22(9)13-4-2-11(17)3-5-13)24-15(23)19-12-6-10(16)7-18-8-12/h2-8H,1H3,(H,19,23). The Morgan fingerprint density at radius 2 is 2.04 bits per heavy atom. The van der Waals surface area contributed by atoms with Gasteiger partial charge in [0.25, 0.3) is 5.88 Å². The first kappa shape index (κ1) is 15.9. The Kier molecular flexibility index (Phi) is 4.39. The molecule has 0 atom stereocenters. The molecular weight excluding hydrogens is 337 g/mol. The van der Waals surface area contributed by atoms with Crippen LogP contribution < -0.4 is 10.1 Å². The molecule has 0 unspecified atom stereocenters. The highest BCUT2D eigenvalue weighted by atomic mass is 35.5. The summed E-state index contributed by atoms with van der Waals surface area (Å²) in [5.41, 5.74) is 1.47. The van der Waals surface area contributed by atoms with Crippen molar-refractivity contribution in [2.45, 2.75) is 6.92 Å². The molecule has 0 saturated carbocycles. The molecule has 3 rings (SSSR count). The second-order valence-corrected chi connectivity index (χ2v) is 5.21. The van der Waals surface area contributed by atoms with Crippen LogP contribution in [0.2, 0.25) is 5.02 Å². The number of rotatable bonds is 3. The smallest absolute Gasteiger partial charge is 0.387 e. The van der Waals surface area contributed by atoms with Gasteiger partial charge in [-0.15, -0.1) is 0 Å². The molecule has 0 aliphatic rings. The van der Waals surface area contributed by atoms with Crippen LogP contribution in [0.15, 0.2) is 42.7 Å². The third kappa shape index (κ3) is 3.49. The lowest BCUT2D eigenvalue weighted by Crippen LogP contribution is -2.17. The van der Waals surface area contributed by atoms with Crippen molar-refractivity contribution in [3.05, 3.63) is 59.3 Å². The molecule has 0 fully saturated rings. The average Bonchev–Trinajstić information content (AvgIpc) is 2.89. The van der Waals surface area contributed by atoms with Crippen LogP contribution in [0.5, 0.6) is 5.88 Å². The number of carbonyl (C=O) groups is 1. The van der Waals surface area contributed by atoms with Gasteiger partial charge < -0.3 is 4.74 Å². The lowest BCUT2D eigenvalue weighted by molar-refractivity contribution is 0.213. The molecule has 122 valence electrons. The number of nitrogens with zero attached hydrogens (tertiary/aromatic N) is 4. The van der Waals surface area contributed by atoms with Crippen molar-refractivity contribution in [2.75, 3.05) is 5.32 Å². The lowest BCUT2D eigenvalue weighted by atomic mass is 10.3. The summed E-state index contributed by atoms with van der Waals surface area (Å²) in [6, 6.07) is 7.21. The van der Waals surface area contributed by atoms with Crippen LogP contribution in [0.25, 0.3) is 5.69 Å². The molecule has 0 aliphatic carbocycles. The summed E-state index contributed by atoms with van der Waals surface area (Å²) in [7, 11) is 0. The molecule has 7 nitrogen and oxygen atoms in total. The Labute approximate surface area is 141 Å². The van der Waals surface area contributed by atoms with Crippen LogP contribution in [0.4, 0.5) is 14.9 Å². The van der Waals surface area contributed by atoms with Crippen LogP contribution in [0, 0.1) is 12.7 Å². The van der Waals surface area contributed by atoms with Crippen molar-refractivity contribution in [2.24, 2.45) is 0 Å². The van der Waals surface area contributed by atoms with Gasteiger partial charge in [0.1, 0.15) is 11.5 Å². The predicted molar refractivity (Wildman–Crippen MR) is 84.9 cm³/mol. The Morgan fingerprint density at radius 1 is 1.29 bits per heavy atom. The number of benzene rings is 1. The lowest BCUT2D eigenvalue weighted by Gasteiger charge is -2.06. The van der Waals surface area contributed by atoms with Gasteiger partial charge in [-0.2, -0.15) is 0 Å². The summed E-state index contributed by atoms with van der Waals surface area (Å²) in [6.45, 7) is 1.67. The number of aromatic nitrogens is 4. The van der Waals surface area contributed by atoms with E-state index in [9.17, 15) is 9.18 Å². The van der Waals surface area contributed by atoms with E-state index in [0.29, 0.717) is 22.1 Å². The SMILES string of the molecule is Cc1c(OC(=O)Nc2cncc(Cl)c2)nnn1-c1ccc(F)cc1. The van der Waals surface area contributed by atoms with Crippen LogP contribution in [0.1, 0.15) is 5.69 Å². The van der Waals surface area contributed by atoms with Crippen molar-refractivity contribution in [1.82, 2.24) is 20.0 Å². The van der Waals surface area contributed by atoms with E-state index < -0.39 is 6.09 Å². The van der Waals surface area contributed by atoms with E-state index >= 15 is 0 Å². The fourth-order valence-electron chi connectivity index (χ4n) is 1.95. The molecule has 24 heavy (non-hydrogen) atoms.